The van der Waals surface area contributed by atoms with Gasteiger partial charge >= 0.3 is 0 Å². The average molecular weight is 252 g/mol. The summed E-state index contributed by atoms with van der Waals surface area (Å²) in [5.74, 6) is -0.0259. The van der Waals surface area contributed by atoms with E-state index in [2.05, 4.69) is 4.98 Å². The summed E-state index contributed by atoms with van der Waals surface area (Å²) in [5.41, 5.74) is 0.984. The number of amides is 1. The summed E-state index contributed by atoms with van der Waals surface area (Å²) in [4.78, 5) is 17.5. The SMILES string of the molecule is COCCOCC(=O)N(C)CCc1ccccn1. The Kier molecular flexibility index (Phi) is 6.98. The van der Waals surface area contributed by atoms with Crippen LogP contribution in [0.1, 0.15) is 5.69 Å². The second-order valence-corrected chi connectivity index (χ2v) is 3.93. The van der Waals surface area contributed by atoms with Crippen LogP contribution >= 0.6 is 0 Å². The molecule has 1 aromatic heterocycles. The standard InChI is InChI=1S/C13H20N2O3/c1-15(13(16)11-18-10-9-17-2)8-6-12-5-3-4-7-14-12/h3-5,7H,6,8-11H2,1-2H3. The van der Waals surface area contributed by atoms with Crippen LogP contribution in [0.3, 0.4) is 0 Å². The number of rotatable bonds is 8. The van der Waals surface area contributed by atoms with Crippen LogP contribution in [0.2, 0.25) is 0 Å². The van der Waals surface area contributed by atoms with Gasteiger partial charge in [0.25, 0.3) is 0 Å². The van der Waals surface area contributed by atoms with Gasteiger partial charge in [-0.05, 0) is 12.1 Å². The minimum Gasteiger partial charge on any atom is -0.382 e. The highest BCUT2D eigenvalue weighted by molar-refractivity contribution is 5.77. The fraction of sp³-hybridized carbons (Fsp3) is 0.538. The van der Waals surface area contributed by atoms with E-state index in [-0.39, 0.29) is 12.5 Å². The van der Waals surface area contributed by atoms with E-state index in [9.17, 15) is 4.79 Å². The van der Waals surface area contributed by atoms with E-state index in [1.54, 1.807) is 25.3 Å². The smallest absolute Gasteiger partial charge is 0.248 e. The largest absolute Gasteiger partial charge is 0.382 e. The second kappa shape index (κ2) is 8.60. The maximum absolute atomic E-state index is 11.7. The molecule has 0 radical (unpaired) electrons. The summed E-state index contributed by atoms with van der Waals surface area (Å²) < 4.78 is 10.0. The molecule has 0 aliphatic carbocycles. The van der Waals surface area contributed by atoms with Crippen molar-refractivity contribution in [3.8, 4) is 0 Å². The van der Waals surface area contributed by atoms with Crippen molar-refractivity contribution in [2.75, 3.05) is 40.5 Å². The molecule has 0 unspecified atom stereocenters. The van der Waals surface area contributed by atoms with Crippen molar-refractivity contribution >= 4 is 5.91 Å². The van der Waals surface area contributed by atoms with Gasteiger partial charge in [-0.2, -0.15) is 0 Å². The number of carbonyl (C=O) groups is 1. The highest BCUT2D eigenvalue weighted by Gasteiger charge is 2.08. The number of pyridine rings is 1. The minimum absolute atomic E-state index is 0.0259. The van der Waals surface area contributed by atoms with E-state index in [1.165, 1.54) is 0 Å². The lowest BCUT2D eigenvalue weighted by Crippen LogP contribution is -2.32. The van der Waals surface area contributed by atoms with Crippen LogP contribution in [0.4, 0.5) is 0 Å². The number of methoxy groups -OCH3 is 1. The van der Waals surface area contributed by atoms with Crippen molar-refractivity contribution in [3.05, 3.63) is 30.1 Å². The van der Waals surface area contributed by atoms with Gasteiger partial charge in [0, 0.05) is 39.0 Å². The third kappa shape index (κ3) is 5.75. The molecule has 0 aliphatic heterocycles. The third-order valence-corrected chi connectivity index (χ3v) is 2.51. The Morgan fingerprint density at radius 1 is 1.39 bits per heavy atom. The van der Waals surface area contributed by atoms with E-state index in [0.717, 1.165) is 12.1 Å². The van der Waals surface area contributed by atoms with Crippen LogP contribution in [0.5, 0.6) is 0 Å². The predicted molar refractivity (Wildman–Crippen MR) is 68.3 cm³/mol. The van der Waals surface area contributed by atoms with Gasteiger partial charge in [-0.3, -0.25) is 9.78 Å². The normalized spacial score (nSPS) is 10.3. The number of hydrogen-bond acceptors (Lipinski definition) is 4. The first-order valence-electron chi connectivity index (χ1n) is 5.94. The van der Waals surface area contributed by atoms with Crippen molar-refractivity contribution in [2.24, 2.45) is 0 Å². The third-order valence-electron chi connectivity index (χ3n) is 2.51. The van der Waals surface area contributed by atoms with E-state index < -0.39 is 0 Å². The summed E-state index contributed by atoms with van der Waals surface area (Å²) in [6.07, 6.45) is 2.51. The molecule has 1 rings (SSSR count). The fourth-order valence-electron chi connectivity index (χ4n) is 1.36. The van der Waals surface area contributed by atoms with Crippen molar-refractivity contribution in [1.29, 1.82) is 0 Å². The zero-order chi connectivity index (χ0) is 13.2. The molecule has 0 bridgehead atoms. The highest BCUT2D eigenvalue weighted by atomic mass is 16.5. The molecule has 0 N–H and O–H groups in total. The topological polar surface area (TPSA) is 51.7 Å². The Hall–Kier alpha value is -1.46. The lowest BCUT2D eigenvalue weighted by atomic mass is 10.2. The molecule has 1 aromatic rings. The van der Waals surface area contributed by atoms with Gasteiger partial charge in [0.15, 0.2) is 0 Å². The molecule has 5 heteroatoms. The Morgan fingerprint density at radius 2 is 2.22 bits per heavy atom. The van der Waals surface area contributed by atoms with Crippen molar-refractivity contribution in [2.45, 2.75) is 6.42 Å². The molecular formula is C13H20N2O3. The number of hydrogen-bond donors (Lipinski definition) is 0. The van der Waals surface area contributed by atoms with Crippen LogP contribution in [-0.4, -0.2) is 56.3 Å². The van der Waals surface area contributed by atoms with E-state index >= 15 is 0 Å². The number of nitrogens with zero attached hydrogens (tertiary/aromatic N) is 2. The Labute approximate surface area is 108 Å². The molecular weight excluding hydrogens is 232 g/mol. The molecule has 1 amide bonds. The summed E-state index contributed by atoms with van der Waals surface area (Å²) in [6, 6.07) is 5.77. The van der Waals surface area contributed by atoms with Crippen LogP contribution in [-0.2, 0) is 20.7 Å². The zero-order valence-corrected chi connectivity index (χ0v) is 11.0. The van der Waals surface area contributed by atoms with Gasteiger partial charge in [0.1, 0.15) is 6.61 Å². The Balaban J connectivity index is 2.19. The van der Waals surface area contributed by atoms with Crippen LogP contribution < -0.4 is 0 Å². The molecule has 0 saturated carbocycles. The lowest BCUT2D eigenvalue weighted by Gasteiger charge is -2.16. The van der Waals surface area contributed by atoms with Crippen molar-refractivity contribution < 1.29 is 14.3 Å². The predicted octanol–water partition coefficient (Wildman–Crippen LogP) is 0.745. The zero-order valence-electron chi connectivity index (χ0n) is 11.0. The van der Waals surface area contributed by atoms with Gasteiger partial charge in [-0.25, -0.2) is 0 Å². The number of likely N-dealkylation sites (N-methyl/N-ethyl adjacent to an activating group) is 1. The molecule has 0 saturated heterocycles. The summed E-state index contributed by atoms with van der Waals surface area (Å²) in [5, 5.41) is 0. The van der Waals surface area contributed by atoms with E-state index in [4.69, 9.17) is 9.47 Å². The Morgan fingerprint density at radius 3 is 2.89 bits per heavy atom. The lowest BCUT2D eigenvalue weighted by molar-refractivity contribution is -0.135. The molecule has 5 nitrogen and oxygen atoms in total. The molecule has 0 aliphatic rings. The van der Waals surface area contributed by atoms with Crippen LogP contribution in [0.25, 0.3) is 0 Å². The van der Waals surface area contributed by atoms with Crippen LogP contribution in [0.15, 0.2) is 24.4 Å². The number of ether oxygens (including phenoxy) is 2. The average Bonchev–Trinajstić information content (AvgIpc) is 2.42. The van der Waals surface area contributed by atoms with Gasteiger partial charge in [-0.15, -0.1) is 0 Å². The van der Waals surface area contributed by atoms with E-state index in [0.29, 0.717) is 19.8 Å². The molecule has 0 aromatic carbocycles. The minimum atomic E-state index is -0.0259. The maximum atomic E-state index is 11.7. The van der Waals surface area contributed by atoms with Gasteiger partial charge in [0.05, 0.1) is 13.2 Å². The molecule has 0 fully saturated rings. The first kappa shape index (κ1) is 14.6. The Bertz CT molecular complexity index is 343. The molecule has 100 valence electrons. The van der Waals surface area contributed by atoms with Crippen LogP contribution in [0, 0.1) is 0 Å². The van der Waals surface area contributed by atoms with Gasteiger partial charge < -0.3 is 14.4 Å². The molecule has 0 atom stereocenters. The molecule has 0 spiro atoms. The molecule has 1 heterocycles. The quantitative estimate of drug-likeness (QED) is 0.641. The fourth-order valence-corrected chi connectivity index (χ4v) is 1.36. The monoisotopic (exact) mass is 252 g/mol. The number of aromatic nitrogens is 1. The maximum Gasteiger partial charge on any atom is 0.248 e. The van der Waals surface area contributed by atoms with Crippen molar-refractivity contribution in [1.82, 2.24) is 9.88 Å². The number of carbonyl (C=O) groups excluding carboxylic acids is 1. The first-order chi connectivity index (χ1) is 8.74. The molecule has 18 heavy (non-hydrogen) atoms. The summed E-state index contributed by atoms with van der Waals surface area (Å²) in [7, 11) is 3.37. The highest BCUT2D eigenvalue weighted by Crippen LogP contribution is 1.97. The van der Waals surface area contributed by atoms with Gasteiger partial charge in [0.2, 0.25) is 5.91 Å². The van der Waals surface area contributed by atoms with Gasteiger partial charge in [-0.1, -0.05) is 6.07 Å². The van der Waals surface area contributed by atoms with Crippen molar-refractivity contribution in [3.63, 3.8) is 0 Å². The summed E-state index contributed by atoms with van der Waals surface area (Å²) in [6.45, 7) is 1.69. The summed E-state index contributed by atoms with van der Waals surface area (Å²) >= 11 is 0. The van der Waals surface area contributed by atoms with E-state index in [1.807, 2.05) is 18.2 Å². The first-order valence-corrected chi connectivity index (χ1v) is 5.94. The second-order valence-electron chi connectivity index (χ2n) is 3.93.